The van der Waals surface area contributed by atoms with Crippen molar-refractivity contribution in [1.29, 1.82) is 0 Å². The van der Waals surface area contributed by atoms with Crippen LogP contribution in [0.1, 0.15) is 121 Å². The van der Waals surface area contributed by atoms with Crippen LogP contribution in [0.2, 0.25) is 0 Å². The SMILES string of the molecule is CCCCc1nc2c(cnn2C)c(=O)n1Cc1ccc(-c2ccc(C(CCC)c3nc4cn(C)nc4c(=O)n3Cc3ccc(-c4ccccc4S(=O)(=O)Nc4noc(C)c4C)c(COCC)c3)cc2S(=O)(=O)Nc2noc(C)c2C)c(COCC)c1. The van der Waals surface area contributed by atoms with Crippen molar-refractivity contribution in [2.24, 2.45) is 14.1 Å². The summed E-state index contributed by atoms with van der Waals surface area (Å²) in [6, 6.07) is 23.2. The standard InChI is InChI=1S/C62H70N12O10S2/c1-11-15-21-55-65-59-51(31-63-72(59)10)61(75)73(55)32-41-22-26-47(45(28-41)36-82-14-4)50-27-24-43(30-54(50)86(79,80)70-58-38(6)40(8)84-68-58)48(18-12-2)60-64-52-34-71(9)66-56(52)62(76)74(60)33-42-23-25-46(44(29-42)35-81-13-3)49-19-16-17-20-53(49)85(77,78)69-57-37(5)39(7)83-67-57/h16-17,19-20,22-31,34,48H,11-15,18,21,32-33,35-36H2,1-10H3,(H,67,69)(H,68,70). The predicted octanol–water partition coefficient (Wildman–Crippen LogP) is 10.2. The van der Waals surface area contributed by atoms with Gasteiger partial charge >= 0.3 is 0 Å². The van der Waals surface area contributed by atoms with E-state index in [1.165, 1.54) is 16.9 Å². The van der Waals surface area contributed by atoms with Crippen molar-refractivity contribution < 1.29 is 35.4 Å². The zero-order chi connectivity index (χ0) is 61.2. The molecule has 0 radical (unpaired) electrons. The van der Waals surface area contributed by atoms with Gasteiger partial charge in [0.05, 0.1) is 48.5 Å². The van der Waals surface area contributed by atoms with E-state index < -0.39 is 31.5 Å². The Labute approximate surface area is 498 Å². The van der Waals surface area contributed by atoms with Gasteiger partial charge in [0.2, 0.25) is 0 Å². The number of hydrogen-bond acceptors (Lipinski definition) is 16. The van der Waals surface area contributed by atoms with Gasteiger partial charge in [0.25, 0.3) is 31.2 Å². The number of nitrogens with zero attached hydrogens (tertiary/aromatic N) is 10. The van der Waals surface area contributed by atoms with E-state index in [0.717, 1.165) is 18.4 Å². The molecule has 0 spiro atoms. The molecular formula is C62H70N12O10S2. The molecule has 0 saturated carbocycles. The van der Waals surface area contributed by atoms with Crippen LogP contribution in [0.5, 0.6) is 0 Å². The molecule has 4 aromatic carbocycles. The van der Waals surface area contributed by atoms with Gasteiger partial charge in [0.1, 0.15) is 34.1 Å². The van der Waals surface area contributed by atoms with Crippen molar-refractivity contribution in [2.75, 3.05) is 22.7 Å². The number of nitrogens with one attached hydrogen (secondary N) is 2. The molecule has 1 atom stereocenters. The lowest BCUT2D eigenvalue weighted by Crippen LogP contribution is -2.28. The first-order valence-electron chi connectivity index (χ1n) is 28.6. The van der Waals surface area contributed by atoms with Gasteiger partial charge in [0.15, 0.2) is 22.8 Å². The third kappa shape index (κ3) is 12.1. The van der Waals surface area contributed by atoms with Crippen LogP contribution < -0.4 is 20.6 Å². The zero-order valence-electron chi connectivity index (χ0n) is 49.9. The van der Waals surface area contributed by atoms with Crippen LogP contribution in [-0.4, -0.2) is 79.0 Å². The topological polar surface area (TPSA) is 268 Å². The minimum atomic E-state index is -4.49. The van der Waals surface area contributed by atoms with Crippen LogP contribution in [0.3, 0.4) is 0 Å². The van der Waals surface area contributed by atoms with E-state index in [1.54, 1.807) is 92.1 Å². The van der Waals surface area contributed by atoms with Crippen LogP contribution >= 0.6 is 0 Å². The molecule has 6 aromatic heterocycles. The lowest BCUT2D eigenvalue weighted by molar-refractivity contribution is 0.134. The van der Waals surface area contributed by atoms with E-state index in [9.17, 15) is 13.2 Å². The summed E-state index contributed by atoms with van der Waals surface area (Å²) in [6.07, 6.45) is 6.58. The molecule has 450 valence electrons. The average Bonchev–Trinajstić information content (AvgIpc) is 2.68. The average molecular weight is 1210 g/mol. The number of aryl methyl sites for hydroxylation is 5. The second kappa shape index (κ2) is 25.2. The molecule has 0 bridgehead atoms. The Balaban J connectivity index is 1.10. The number of fused-ring (bicyclic) bond motifs is 2. The monoisotopic (exact) mass is 1210 g/mol. The maximum atomic E-state index is 15.3. The summed E-state index contributed by atoms with van der Waals surface area (Å²) in [7, 11) is -5.21. The van der Waals surface area contributed by atoms with E-state index in [4.69, 9.17) is 28.5 Å². The molecule has 0 aliphatic rings. The normalized spacial score (nSPS) is 12.4. The van der Waals surface area contributed by atoms with Crippen molar-refractivity contribution in [3.8, 4) is 22.3 Å². The highest BCUT2D eigenvalue weighted by Crippen LogP contribution is 2.39. The Kier molecular flexibility index (Phi) is 17.7. The summed E-state index contributed by atoms with van der Waals surface area (Å²) in [5.41, 5.74) is 6.76. The van der Waals surface area contributed by atoms with Gasteiger partial charge in [-0.1, -0.05) is 104 Å². The summed E-state index contributed by atoms with van der Waals surface area (Å²) >= 11 is 0. The molecular weight excluding hydrogens is 1140 g/mol. The van der Waals surface area contributed by atoms with Crippen LogP contribution in [0.4, 0.5) is 11.6 Å². The third-order valence-corrected chi connectivity index (χ3v) is 18.3. The fourth-order valence-corrected chi connectivity index (χ4v) is 13.3. The quantitative estimate of drug-likeness (QED) is 0.0539. The molecule has 6 heterocycles. The van der Waals surface area contributed by atoms with Crippen molar-refractivity contribution in [2.45, 2.75) is 130 Å². The maximum absolute atomic E-state index is 15.3. The number of hydrogen-bond donors (Lipinski definition) is 2. The lowest BCUT2D eigenvalue weighted by Gasteiger charge is -2.23. The first-order chi connectivity index (χ1) is 41.2. The summed E-state index contributed by atoms with van der Waals surface area (Å²) in [5.74, 6) is 1.40. The van der Waals surface area contributed by atoms with Crippen molar-refractivity contribution in [1.82, 2.24) is 49.0 Å². The molecule has 0 amide bonds. The number of aromatic nitrogens is 10. The highest BCUT2D eigenvalue weighted by Gasteiger charge is 2.30. The molecule has 24 heteroatoms. The van der Waals surface area contributed by atoms with Gasteiger partial charge in [-0.05, 0) is 105 Å². The molecule has 0 aliphatic carbocycles. The smallest absolute Gasteiger partial charge is 0.282 e. The Morgan fingerprint density at radius 2 is 1.23 bits per heavy atom. The van der Waals surface area contributed by atoms with Gasteiger partial charge in [-0.2, -0.15) is 10.2 Å². The minimum Gasteiger partial charge on any atom is -0.377 e. The molecule has 0 fully saturated rings. The van der Waals surface area contributed by atoms with Crippen LogP contribution in [0, 0.1) is 27.7 Å². The highest BCUT2D eigenvalue weighted by atomic mass is 32.2. The van der Waals surface area contributed by atoms with Crippen LogP contribution in [-0.2, 0) is 76.3 Å². The van der Waals surface area contributed by atoms with Gasteiger partial charge in [-0.25, -0.2) is 26.8 Å². The van der Waals surface area contributed by atoms with E-state index in [1.807, 2.05) is 63.2 Å². The van der Waals surface area contributed by atoms with Crippen molar-refractivity contribution in [3.05, 3.63) is 174 Å². The first kappa shape index (κ1) is 60.5. The molecule has 0 aliphatic heterocycles. The number of rotatable bonds is 25. The number of benzene rings is 4. The second-order valence-electron chi connectivity index (χ2n) is 21.4. The Morgan fingerprint density at radius 3 is 1.81 bits per heavy atom. The van der Waals surface area contributed by atoms with Gasteiger partial charge < -0.3 is 18.5 Å². The lowest BCUT2D eigenvalue weighted by atomic mass is 9.90. The predicted molar refractivity (Wildman–Crippen MR) is 327 cm³/mol. The largest absolute Gasteiger partial charge is 0.377 e. The van der Waals surface area contributed by atoms with Gasteiger partial charge in [-0.3, -0.25) is 37.5 Å². The molecule has 1 unspecified atom stereocenters. The third-order valence-electron chi connectivity index (χ3n) is 15.5. The maximum Gasteiger partial charge on any atom is 0.282 e. The van der Waals surface area contributed by atoms with Crippen LogP contribution in [0.25, 0.3) is 44.3 Å². The Morgan fingerprint density at radius 1 is 0.651 bits per heavy atom. The minimum absolute atomic E-state index is 0.000678. The van der Waals surface area contributed by atoms with E-state index in [0.29, 0.717) is 128 Å². The number of unbranched alkanes of at least 4 members (excludes halogenated alkanes) is 1. The number of sulfonamides is 2. The highest BCUT2D eigenvalue weighted by molar-refractivity contribution is 7.93. The van der Waals surface area contributed by atoms with Gasteiger partial charge in [-0.15, -0.1) is 0 Å². The molecule has 10 aromatic rings. The number of anilines is 2. The zero-order valence-corrected chi connectivity index (χ0v) is 51.5. The molecule has 2 N–H and O–H groups in total. The van der Waals surface area contributed by atoms with Crippen molar-refractivity contribution >= 4 is 53.7 Å². The fourth-order valence-electron chi connectivity index (χ4n) is 10.7. The molecule has 10 rings (SSSR count). The Hall–Kier alpha value is -8.58. The summed E-state index contributed by atoms with van der Waals surface area (Å²) in [4.78, 5) is 39.2. The van der Waals surface area contributed by atoms with Gasteiger partial charge in [0, 0.05) is 61.9 Å². The molecule has 0 saturated heterocycles. The summed E-state index contributed by atoms with van der Waals surface area (Å²) in [5, 5.41) is 17.3. The van der Waals surface area contributed by atoms with E-state index in [-0.39, 0.29) is 58.8 Å². The van der Waals surface area contributed by atoms with Crippen LogP contribution in [0.15, 0.2) is 120 Å². The Bertz CT molecular complexity index is 4540. The number of ether oxygens (including phenoxy) is 2. The van der Waals surface area contributed by atoms with E-state index >= 15 is 13.2 Å². The fraction of sp³-hybridized carbons (Fsp3) is 0.355. The summed E-state index contributed by atoms with van der Waals surface area (Å²) < 4.78 is 93.3. The van der Waals surface area contributed by atoms with Crippen molar-refractivity contribution in [3.63, 3.8) is 0 Å². The first-order valence-corrected chi connectivity index (χ1v) is 31.6. The van der Waals surface area contributed by atoms with E-state index in [2.05, 4.69) is 36.9 Å². The molecule has 86 heavy (non-hydrogen) atoms. The second-order valence-corrected chi connectivity index (χ2v) is 24.7. The molecule has 22 nitrogen and oxygen atoms in total. The summed E-state index contributed by atoms with van der Waals surface area (Å²) in [6.45, 7) is 15.8.